The summed E-state index contributed by atoms with van der Waals surface area (Å²) in [6, 6.07) is 146. The number of fused-ring (bicyclic) bond motifs is 15. The average molecular weight is 1690 g/mol. The first kappa shape index (κ1) is 76.2. The molecule has 132 heavy (non-hydrogen) atoms. The fourth-order valence-corrected chi connectivity index (χ4v) is 22.0. The predicted octanol–water partition coefficient (Wildman–Crippen LogP) is 32.9. The van der Waals surface area contributed by atoms with Gasteiger partial charge in [0.05, 0.1) is 33.6 Å². The number of rotatable bonds is 8. The minimum atomic E-state index is -0.0611. The van der Waals surface area contributed by atoms with E-state index in [1.165, 1.54) is 159 Å². The van der Waals surface area contributed by atoms with Crippen molar-refractivity contribution in [3.8, 4) is 152 Å². The van der Waals surface area contributed by atoms with Crippen molar-refractivity contribution >= 4 is 97.7 Å². The maximum Gasteiger partial charge on any atom is 0.153 e. The largest absolute Gasteiger partial charge is 0.453 e. The lowest BCUT2D eigenvalue weighted by Gasteiger charge is -2.23. The highest BCUT2D eigenvalue weighted by atomic mass is 16.5. The fraction of sp³-hybridized carbons (Fsp3) is 0.0488. The van der Waals surface area contributed by atoms with E-state index in [1.54, 1.807) is 0 Å². The van der Waals surface area contributed by atoms with E-state index in [2.05, 4.69) is 400 Å². The Labute approximate surface area is 762 Å². The summed E-state index contributed by atoms with van der Waals surface area (Å²) in [7, 11) is 0. The van der Waals surface area contributed by atoms with Crippen molar-refractivity contribution in [1.82, 2.24) is 28.7 Å². The Balaban J connectivity index is 0.000000104. The Kier molecular flexibility index (Phi) is 17.2. The first-order chi connectivity index (χ1) is 65.0. The Morgan fingerprint density at radius 1 is 0.197 bits per heavy atom. The number of hydrogen-bond acceptors (Lipinski definition) is 6. The molecular formula is C123H82N6O3. The second-order valence-electron chi connectivity index (χ2n) is 35.6. The zero-order valence-electron chi connectivity index (χ0n) is 73.1. The summed E-state index contributed by atoms with van der Waals surface area (Å²) >= 11 is 0. The van der Waals surface area contributed by atoms with E-state index in [1.807, 2.05) is 54.6 Å². The van der Waals surface area contributed by atoms with Gasteiger partial charge in [-0.3, -0.25) is 13.7 Å². The second-order valence-corrected chi connectivity index (χ2v) is 35.6. The van der Waals surface area contributed by atoms with Gasteiger partial charge in [0, 0.05) is 5.41 Å². The van der Waals surface area contributed by atoms with E-state index >= 15 is 0 Å². The van der Waals surface area contributed by atoms with Crippen molar-refractivity contribution in [3.63, 3.8) is 0 Å². The molecule has 0 spiro atoms. The maximum absolute atomic E-state index is 6.57. The number of ether oxygens (including phenoxy) is 3. The van der Waals surface area contributed by atoms with Gasteiger partial charge in [0.1, 0.15) is 34.0 Å². The first-order valence-electron chi connectivity index (χ1n) is 45.3. The minimum Gasteiger partial charge on any atom is -0.453 e. The lowest BCUT2D eigenvalue weighted by molar-refractivity contribution is 0.475. The number of nitrogens with zero attached hydrogens (tertiary/aromatic N) is 6. The van der Waals surface area contributed by atoms with Crippen LogP contribution >= 0.6 is 0 Å². The normalized spacial score (nSPS) is 12.7. The summed E-state index contributed by atoms with van der Waals surface area (Å²) in [6.45, 7) is 10.9. The van der Waals surface area contributed by atoms with Crippen LogP contribution in [0.1, 0.15) is 42.4 Å². The summed E-state index contributed by atoms with van der Waals surface area (Å²) in [5, 5.41) is 14.8. The molecule has 622 valence electrons. The molecule has 24 aromatic rings. The van der Waals surface area contributed by atoms with Crippen molar-refractivity contribution in [2.75, 3.05) is 0 Å². The maximum atomic E-state index is 6.57. The van der Waals surface area contributed by atoms with Crippen molar-refractivity contribution in [1.29, 1.82) is 0 Å². The van der Waals surface area contributed by atoms with Gasteiger partial charge in [0.15, 0.2) is 34.5 Å². The molecule has 4 aliphatic rings. The van der Waals surface area contributed by atoms with Gasteiger partial charge in [-0.1, -0.05) is 335 Å². The monoisotopic (exact) mass is 1690 g/mol. The van der Waals surface area contributed by atoms with Crippen LogP contribution in [-0.4, -0.2) is 28.7 Å². The SMILES string of the molecule is Cc1nc2cccc3c2n1-c1ccc(-c2c4ccccc4c(-c4ccc(-c5ccccc5)cc4)c4ccccc24)cc1O3.Cc1nc2cccc3c2n1-c1ccc(-c2c4ccccc4c(-c4ccc5c(c4)C(C)(C)c4ccccc4-5)c4ccccc24)cc1O3.Cc1nc2cccc3c2n1-c1ccc(-c2c4ccccc4c(-c4cccc(-c5ccccc5)c4)c4ccccc24)cc1O3. The topological polar surface area (TPSA) is 81.1 Å². The van der Waals surface area contributed by atoms with E-state index in [0.29, 0.717) is 0 Å². The summed E-state index contributed by atoms with van der Waals surface area (Å²) in [6.07, 6.45) is 0. The number of para-hydroxylation sites is 3. The van der Waals surface area contributed by atoms with Gasteiger partial charge in [0.25, 0.3) is 0 Å². The quantitative estimate of drug-likeness (QED) is 0.141. The molecule has 1 aliphatic carbocycles. The fourth-order valence-electron chi connectivity index (χ4n) is 22.0. The molecule has 0 fully saturated rings. The number of hydrogen-bond donors (Lipinski definition) is 0. The molecule has 0 bridgehead atoms. The highest BCUT2D eigenvalue weighted by Gasteiger charge is 2.37. The van der Waals surface area contributed by atoms with Crippen molar-refractivity contribution in [2.24, 2.45) is 0 Å². The Hall–Kier alpha value is -17.0. The van der Waals surface area contributed by atoms with E-state index in [0.717, 1.165) is 119 Å². The minimum absolute atomic E-state index is 0.0611. The molecule has 9 nitrogen and oxygen atoms in total. The van der Waals surface area contributed by atoms with Crippen LogP contribution in [0.2, 0.25) is 0 Å². The number of imidazole rings is 3. The first-order valence-corrected chi connectivity index (χ1v) is 45.3. The average Bonchev–Trinajstić information content (AvgIpc) is 1.32. The molecular weight excluding hydrogens is 1610 g/mol. The number of aromatic nitrogens is 6. The van der Waals surface area contributed by atoms with E-state index in [-0.39, 0.29) is 5.41 Å². The van der Waals surface area contributed by atoms with Crippen molar-refractivity contribution in [3.05, 3.63) is 435 Å². The van der Waals surface area contributed by atoms with Crippen LogP contribution in [0.5, 0.6) is 34.5 Å². The van der Waals surface area contributed by atoms with E-state index in [4.69, 9.17) is 29.2 Å². The third-order valence-electron chi connectivity index (χ3n) is 27.8. The Morgan fingerprint density at radius 3 is 0.826 bits per heavy atom. The summed E-state index contributed by atoms with van der Waals surface area (Å²) in [5.74, 6) is 7.92. The van der Waals surface area contributed by atoms with Gasteiger partial charge in [-0.2, -0.15) is 0 Å². The van der Waals surface area contributed by atoms with Crippen LogP contribution < -0.4 is 14.2 Å². The standard InChI is InChI=1S/C43H30N2O.2C40H26N2O/c1-25-44-36-17-10-18-38-42(36)45(25)37-22-20-27(24-39(37)46-38)41-32-14-6-4-12-30(32)40(31-13-5-7-15-33(31)41)26-19-21-29-28-11-8-9-16-34(28)43(2,3)35(29)23-26;1-25-41-34-19-10-20-36-40(34)42(25)35-22-21-29(24-37(35)43-36)39-32-17-7-5-15-30(32)38(31-16-6-8-18-33(31)39)28-14-9-13-27(23-28)26-11-3-2-4-12-26;1-25-41-34-16-9-17-36-40(34)42(25)35-23-22-29(24-37(35)43-36)39-32-14-7-5-12-30(32)38(31-13-6-8-15-33(31)39)28-20-18-27(19-21-28)26-10-3-2-4-11-26/h4-24H,1-3H3;2*2-24H,1H3. The zero-order valence-corrected chi connectivity index (χ0v) is 73.1. The van der Waals surface area contributed by atoms with Crippen LogP contribution in [0, 0.1) is 20.8 Å². The van der Waals surface area contributed by atoms with E-state index < -0.39 is 0 Å². The Morgan fingerprint density at radius 2 is 0.455 bits per heavy atom. The molecule has 0 N–H and O–H groups in total. The van der Waals surface area contributed by atoms with Crippen LogP contribution in [0.3, 0.4) is 0 Å². The van der Waals surface area contributed by atoms with Crippen LogP contribution in [0.15, 0.2) is 406 Å². The van der Waals surface area contributed by atoms with Crippen LogP contribution in [0.4, 0.5) is 0 Å². The summed E-state index contributed by atoms with van der Waals surface area (Å²) < 4.78 is 26.3. The molecule has 0 unspecified atom stereocenters. The van der Waals surface area contributed by atoms with Crippen molar-refractivity contribution in [2.45, 2.75) is 40.0 Å². The molecule has 0 amide bonds. The zero-order chi connectivity index (χ0) is 87.7. The van der Waals surface area contributed by atoms with Gasteiger partial charge in [0.2, 0.25) is 0 Å². The van der Waals surface area contributed by atoms with Gasteiger partial charge in [-0.25, -0.2) is 15.0 Å². The number of aryl methyl sites for hydroxylation is 3. The van der Waals surface area contributed by atoms with Gasteiger partial charge in [-0.05, 0) is 282 Å². The molecule has 3 aliphatic heterocycles. The third kappa shape index (κ3) is 11.8. The molecule has 3 aromatic heterocycles. The highest BCUT2D eigenvalue weighted by Crippen LogP contribution is 2.56. The lowest BCUT2D eigenvalue weighted by atomic mass is 9.80. The van der Waals surface area contributed by atoms with E-state index in [9.17, 15) is 0 Å². The lowest BCUT2D eigenvalue weighted by Crippen LogP contribution is -2.14. The molecule has 9 heteroatoms. The van der Waals surface area contributed by atoms with Crippen molar-refractivity contribution < 1.29 is 14.2 Å². The summed E-state index contributed by atoms with van der Waals surface area (Å²) in [4.78, 5) is 14.4. The predicted molar refractivity (Wildman–Crippen MR) is 544 cm³/mol. The second kappa shape index (κ2) is 29.8. The van der Waals surface area contributed by atoms with Gasteiger partial charge >= 0.3 is 0 Å². The van der Waals surface area contributed by atoms with Gasteiger partial charge < -0.3 is 14.2 Å². The third-order valence-corrected chi connectivity index (χ3v) is 27.8. The van der Waals surface area contributed by atoms with Crippen LogP contribution in [-0.2, 0) is 5.41 Å². The molecule has 28 rings (SSSR count). The molecule has 0 saturated carbocycles. The summed E-state index contributed by atoms with van der Waals surface area (Å²) in [5.41, 5.74) is 33.8. The molecule has 0 radical (unpaired) electrons. The smallest absolute Gasteiger partial charge is 0.153 e. The number of benzene rings is 21. The molecule has 0 saturated heterocycles. The molecule has 21 aromatic carbocycles. The highest BCUT2D eigenvalue weighted by molar-refractivity contribution is 6.25. The van der Waals surface area contributed by atoms with Gasteiger partial charge in [-0.15, -0.1) is 0 Å². The molecule has 0 atom stereocenters. The molecule has 6 heterocycles. The van der Waals surface area contributed by atoms with Crippen LogP contribution in [0.25, 0.3) is 215 Å². The Bertz CT molecular complexity index is 8830.